The third kappa shape index (κ3) is 6.68. The maximum atomic E-state index is 15.2. The van der Waals surface area contributed by atoms with Crippen molar-refractivity contribution < 1.29 is 14.0 Å². The van der Waals surface area contributed by atoms with Gasteiger partial charge in [-0.25, -0.2) is 4.39 Å². The van der Waals surface area contributed by atoms with Crippen LogP contribution in [-0.2, 0) is 10.2 Å². The Hall–Kier alpha value is -4.09. The number of piperidine rings is 1. The fourth-order valence-corrected chi connectivity index (χ4v) is 10.9. The summed E-state index contributed by atoms with van der Waals surface area (Å²) in [6.07, 6.45) is 11.7. The number of carbonyl (C=O) groups is 2. The monoisotopic (exact) mass is 808 g/mol. The molecule has 2 saturated heterocycles. The summed E-state index contributed by atoms with van der Waals surface area (Å²) in [5.41, 5.74) is 5.32. The normalized spacial score (nSPS) is 25.1. The molecule has 9 rings (SSSR count). The summed E-state index contributed by atoms with van der Waals surface area (Å²) in [5.74, 6) is 0.776. The van der Waals surface area contributed by atoms with E-state index in [1.807, 2.05) is 25.1 Å². The summed E-state index contributed by atoms with van der Waals surface area (Å²) in [6.45, 7) is 6.48. The lowest BCUT2D eigenvalue weighted by molar-refractivity contribution is -0.125. The van der Waals surface area contributed by atoms with Gasteiger partial charge in [0.25, 0.3) is 11.5 Å². The van der Waals surface area contributed by atoms with E-state index >= 15 is 4.39 Å². The highest BCUT2D eigenvalue weighted by molar-refractivity contribution is 9.10. The minimum absolute atomic E-state index is 0.0300. The lowest BCUT2D eigenvalue weighted by Gasteiger charge is -2.39. The first-order valence-electron chi connectivity index (χ1n) is 20.4. The number of nitrogens with one attached hydrogen (secondary N) is 2. The number of fused-ring (bicyclic) bond motifs is 7. The molecule has 3 aromatic carbocycles. The summed E-state index contributed by atoms with van der Waals surface area (Å²) < 4.78 is 18.3. The van der Waals surface area contributed by atoms with Gasteiger partial charge in [0.05, 0.1) is 27.6 Å². The zero-order valence-corrected chi connectivity index (χ0v) is 33.2. The van der Waals surface area contributed by atoms with Crippen molar-refractivity contribution in [2.24, 2.45) is 5.92 Å². The second-order valence-electron chi connectivity index (χ2n) is 16.8. The predicted molar refractivity (Wildman–Crippen MR) is 217 cm³/mol. The predicted octanol–water partition coefficient (Wildman–Crippen LogP) is 7.34. The standard InChI is InChI=1S/C44H50BrFN6O3/c1-27-8-17-36(41(54)47-27)48-40(53)32-15-14-31(25-35(32)46)51-22-20-50(21-23-51)26-28-9-11-29(12-10-28)30-13-16-33-38(24-30)52-37-7-5-6-34(45)39(37)42(55)49-43(52)44(33)18-3-2-4-19-44/h5-7,13-16,24-25,27-29,36H,2-4,8-12,17-23,26H2,1H3,(H,47,54)(H,48,53). The SMILES string of the molecule is CC1CCC(NC(=O)c2ccc(N3CCN(CC4CCC(c5ccc6c(c5)-n5c(nc(=O)c7c(Br)cccc75)C65CCCCC5)CC4)CC3)cc2F)C(=O)N1. The van der Waals surface area contributed by atoms with E-state index in [1.165, 1.54) is 55.0 Å². The number of halogens is 2. The second-order valence-corrected chi connectivity index (χ2v) is 17.7. The van der Waals surface area contributed by atoms with Crippen molar-refractivity contribution in [1.29, 1.82) is 0 Å². The quantitative estimate of drug-likeness (QED) is 0.212. The van der Waals surface area contributed by atoms with Crippen LogP contribution in [0.4, 0.5) is 10.1 Å². The van der Waals surface area contributed by atoms with Gasteiger partial charge in [0.1, 0.15) is 17.7 Å². The highest BCUT2D eigenvalue weighted by Crippen LogP contribution is 2.52. The van der Waals surface area contributed by atoms with Crippen LogP contribution in [0.2, 0.25) is 0 Å². The molecule has 9 nitrogen and oxygen atoms in total. The number of hydrogen-bond acceptors (Lipinski definition) is 6. The molecule has 55 heavy (non-hydrogen) atoms. The number of amides is 2. The zero-order valence-electron chi connectivity index (χ0n) is 31.6. The smallest absolute Gasteiger partial charge is 0.281 e. The molecule has 2 N–H and O–H groups in total. The fourth-order valence-electron chi connectivity index (χ4n) is 10.4. The van der Waals surface area contributed by atoms with Gasteiger partial charge in [0.15, 0.2) is 0 Å². The second kappa shape index (κ2) is 14.8. The first-order chi connectivity index (χ1) is 26.7. The van der Waals surface area contributed by atoms with Crippen molar-refractivity contribution >= 4 is 44.3 Å². The highest BCUT2D eigenvalue weighted by atomic mass is 79.9. The first-order valence-corrected chi connectivity index (χ1v) is 21.2. The first kappa shape index (κ1) is 36.5. The van der Waals surface area contributed by atoms with E-state index in [1.54, 1.807) is 6.07 Å². The molecule has 3 aliphatic heterocycles. The topological polar surface area (TPSA) is 99.6 Å². The van der Waals surface area contributed by atoms with Crippen LogP contribution in [0.15, 0.2) is 63.9 Å². The van der Waals surface area contributed by atoms with E-state index < -0.39 is 17.8 Å². The minimum atomic E-state index is -0.632. The summed E-state index contributed by atoms with van der Waals surface area (Å²) in [7, 11) is 0. The molecule has 11 heteroatoms. The van der Waals surface area contributed by atoms with Crippen molar-refractivity contribution in [1.82, 2.24) is 25.1 Å². The Morgan fingerprint density at radius 3 is 2.47 bits per heavy atom. The zero-order chi connectivity index (χ0) is 37.8. The van der Waals surface area contributed by atoms with Crippen LogP contribution in [0.1, 0.15) is 111 Å². The number of carbonyl (C=O) groups excluding carboxylic acids is 2. The number of hydrogen-bond donors (Lipinski definition) is 2. The van der Waals surface area contributed by atoms with Gasteiger partial charge >= 0.3 is 0 Å². The molecule has 2 atom stereocenters. The fraction of sp³-hybridized carbons (Fsp3) is 0.500. The van der Waals surface area contributed by atoms with Crippen LogP contribution < -0.4 is 21.1 Å². The van der Waals surface area contributed by atoms with Crippen LogP contribution in [0.5, 0.6) is 0 Å². The van der Waals surface area contributed by atoms with Gasteiger partial charge in [-0.2, -0.15) is 4.98 Å². The molecule has 2 saturated carbocycles. The van der Waals surface area contributed by atoms with Gasteiger partial charge in [-0.1, -0.05) is 37.5 Å². The molecular weight excluding hydrogens is 759 g/mol. The molecule has 2 amide bonds. The summed E-state index contributed by atoms with van der Waals surface area (Å²) in [6, 6.07) is 17.5. The van der Waals surface area contributed by atoms with Gasteiger partial charge < -0.3 is 15.5 Å². The Morgan fingerprint density at radius 2 is 1.73 bits per heavy atom. The van der Waals surface area contributed by atoms with Crippen LogP contribution >= 0.6 is 15.9 Å². The number of anilines is 1. The Morgan fingerprint density at radius 1 is 0.945 bits per heavy atom. The van der Waals surface area contributed by atoms with E-state index in [9.17, 15) is 14.4 Å². The van der Waals surface area contributed by atoms with Gasteiger partial charge in [-0.3, -0.25) is 23.9 Å². The third-order valence-electron chi connectivity index (χ3n) is 13.4. The number of benzene rings is 3. The van der Waals surface area contributed by atoms with E-state index in [0.29, 0.717) is 23.6 Å². The Labute approximate surface area is 330 Å². The third-order valence-corrected chi connectivity index (χ3v) is 14.1. The van der Waals surface area contributed by atoms with E-state index in [4.69, 9.17) is 4.98 Å². The molecule has 2 aliphatic carbocycles. The summed E-state index contributed by atoms with van der Waals surface area (Å²) in [5, 5.41) is 6.21. The average Bonchev–Trinajstić information content (AvgIpc) is 3.44. The van der Waals surface area contributed by atoms with E-state index in [0.717, 1.165) is 86.3 Å². The van der Waals surface area contributed by atoms with E-state index in [-0.39, 0.29) is 28.5 Å². The lowest BCUT2D eigenvalue weighted by Crippen LogP contribution is -2.53. The Kier molecular flexibility index (Phi) is 9.81. The average molecular weight is 810 g/mol. The largest absolute Gasteiger partial charge is 0.369 e. The maximum absolute atomic E-state index is 15.2. The van der Waals surface area contributed by atoms with Crippen molar-refractivity contribution in [3.63, 3.8) is 0 Å². The molecular formula is C44H50BrFN6O3. The van der Waals surface area contributed by atoms with Crippen molar-refractivity contribution in [3.8, 4) is 5.69 Å². The van der Waals surface area contributed by atoms with Crippen molar-refractivity contribution in [2.75, 3.05) is 37.6 Å². The van der Waals surface area contributed by atoms with Crippen LogP contribution in [0.25, 0.3) is 16.6 Å². The van der Waals surface area contributed by atoms with Crippen molar-refractivity contribution in [3.05, 3.63) is 97.8 Å². The Bertz CT molecular complexity index is 2200. The molecule has 0 radical (unpaired) electrons. The van der Waals surface area contributed by atoms with Gasteiger partial charge in [-0.15, -0.1) is 0 Å². The van der Waals surface area contributed by atoms with Crippen LogP contribution in [0, 0.1) is 11.7 Å². The highest BCUT2D eigenvalue weighted by Gasteiger charge is 2.46. The van der Waals surface area contributed by atoms with Crippen molar-refractivity contribution in [2.45, 2.75) is 101 Å². The molecule has 1 aromatic heterocycles. The molecule has 4 heterocycles. The van der Waals surface area contributed by atoms with Gasteiger partial charge in [-0.05, 0) is 134 Å². The molecule has 1 spiro atoms. The Balaban J connectivity index is 0.823. The number of rotatable bonds is 6. The molecule has 4 aromatic rings. The molecule has 5 aliphatic rings. The van der Waals surface area contributed by atoms with Crippen LogP contribution in [0.3, 0.4) is 0 Å². The molecule has 0 bridgehead atoms. The number of aromatic nitrogens is 2. The maximum Gasteiger partial charge on any atom is 0.281 e. The van der Waals surface area contributed by atoms with Gasteiger partial charge in [0, 0.05) is 48.9 Å². The van der Waals surface area contributed by atoms with Crippen LogP contribution in [-0.4, -0.2) is 71.1 Å². The molecule has 288 valence electrons. The lowest BCUT2D eigenvalue weighted by atomic mass is 9.69. The van der Waals surface area contributed by atoms with Gasteiger partial charge in [0.2, 0.25) is 5.91 Å². The number of nitrogens with zero attached hydrogens (tertiary/aromatic N) is 4. The van der Waals surface area contributed by atoms with E-state index in [2.05, 4.69) is 65.2 Å². The summed E-state index contributed by atoms with van der Waals surface area (Å²) in [4.78, 5) is 48.1. The summed E-state index contributed by atoms with van der Waals surface area (Å²) >= 11 is 3.65. The minimum Gasteiger partial charge on any atom is -0.369 e. The number of piperazine rings is 1. The molecule has 4 fully saturated rings. The molecule has 2 unspecified atom stereocenters.